The standard InChI is InChI=1S/C24H26N2O7S/c27-22(28)10-9-21(23(29)25-11-15-13-34(31,32)14-15)26-24(30)33-12-20-18-7-3-1-5-16(18)17-6-2-4-8-19(17)20/h1-8,15,20-21H,9-14H2,(H,25,29)(H,26,30)(H,27,28). The highest BCUT2D eigenvalue weighted by atomic mass is 32.2. The lowest BCUT2D eigenvalue weighted by Gasteiger charge is -2.27. The van der Waals surface area contributed by atoms with E-state index in [2.05, 4.69) is 10.6 Å². The molecule has 180 valence electrons. The minimum absolute atomic E-state index is 0.00682. The summed E-state index contributed by atoms with van der Waals surface area (Å²) in [5.74, 6) is -1.98. The molecule has 1 heterocycles. The highest BCUT2D eigenvalue weighted by Gasteiger charge is 2.34. The highest BCUT2D eigenvalue weighted by molar-refractivity contribution is 7.92. The van der Waals surface area contributed by atoms with Crippen LogP contribution in [0, 0.1) is 5.92 Å². The molecule has 1 atom stereocenters. The molecule has 34 heavy (non-hydrogen) atoms. The van der Waals surface area contributed by atoms with Gasteiger partial charge in [-0.2, -0.15) is 0 Å². The summed E-state index contributed by atoms with van der Waals surface area (Å²) in [4.78, 5) is 36.1. The summed E-state index contributed by atoms with van der Waals surface area (Å²) in [6.07, 6.45) is -1.26. The second kappa shape index (κ2) is 9.84. The van der Waals surface area contributed by atoms with E-state index in [4.69, 9.17) is 9.84 Å². The van der Waals surface area contributed by atoms with Crippen LogP contribution in [0.5, 0.6) is 0 Å². The summed E-state index contributed by atoms with van der Waals surface area (Å²) in [5.41, 5.74) is 4.27. The van der Waals surface area contributed by atoms with Crippen LogP contribution < -0.4 is 10.6 Å². The van der Waals surface area contributed by atoms with Crippen molar-refractivity contribution in [1.29, 1.82) is 0 Å². The van der Waals surface area contributed by atoms with E-state index in [0.717, 1.165) is 22.3 Å². The zero-order valence-electron chi connectivity index (χ0n) is 18.4. The second-order valence-corrected chi connectivity index (χ2v) is 10.8. The second-order valence-electron chi connectivity index (χ2n) is 8.64. The smallest absolute Gasteiger partial charge is 0.407 e. The third-order valence-electron chi connectivity index (χ3n) is 6.14. The Hall–Kier alpha value is -3.40. The quantitative estimate of drug-likeness (QED) is 0.492. The van der Waals surface area contributed by atoms with Crippen LogP contribution in [0.1, 0.15) is 29.9 Å². The molecule has 2 aromatic rings. The predicted octanol–water partition coefficient (Wildman–Crippen LogP) is 1.92. The molecule has 3 N–H and O–H groups in total. The monoisotopic (exact) mass is 486 g/mol. The van der Waals surface area contributed by atoms with Crippen LogP contribution in [-0.2, 0) is 24.2 Å². The predicted molar refractivity (Wildman–Crippen MR) is 124 cm³/mol. The molecule has 0 spiro atoms. The largest absolute Gasteiger partial charge is 0.481 e. The van der Waals surface area contributed by atoms with Gasteiger partial charge < -0.3 is 20.5 Å². The number of alkyl carbamates (subject to hydrolysis) is 1. The van der Waals surface area contributed by atoms with Crippen LogP contribution in [0.3, 0.4) is 0 Å². The molecular weight excluding hydrogens is 460 g/mol. The molecule has 10 heteroatoms. The fourth-order valence-electron chi connectivity index (χ4n) is 4.47. The normalized spacial score (nSPS) is 17.1. The average molecular weight is 487 g/mol. The Morgan fingerprint density at radius 1 is 1.00 bits per heavy atom. The van der Waals surface area contributed by atoms with Crippen molar-refractivity contribution in [3.05, 3.63) is 59.7 Å². The molecule has 0 saturated carbocycles. The number of rotatable bonds is 9. The van der Waals surface area contributed by atoms with Gasteiger partial charge in [-0.05, 0) is 28.7 Å². The van der Waals surface area contributed by atoms with Crippen LogP contribution in [0.2, 0.25) is 0 Å². The van der Waals surface area contributed by atoms with Gasteiger partial charge in [0.05, 0.1) is 11.5 Å². The van der Waals surface area contributed by atoms with E-state index in [1.807, 2.05) is 48.5 Å². The first-order valence-electron chi connectivity index (χ1n) is 11.0. The van der Waals surface area contributed by atoms with Crippen molar-refractivity contribution in [1.82, 2.24) is 10.6 Å². The number of benzene rings is 2. The van der Waals surface area contributed by atoms with Crippen molar-refractivity contribution in [3.63, 3.8) is 0 Å². The number of carbonyl (C=O) groups excluding carboxylic acids is 2. The van der Waals surface area contributed by atoms with E-state index in [1.54, 1.807) is 0 Å². The number of aliphatic carboxylic acids is 1. The van der Waals surface area contributed by atoms with Gasteiger partial charge in [-0.25, -0.2) is 13.2 Å². The van der Waals surface area contributed by atoms with E-state index in [1.165, 1.54) is 0 Å². The maximum absolute atomic E-state index is 12.6. The van der Waals surface area contributed by atoms with Gasteiger partial charge in [0.1, 0.15) is 12.6 Å². The molecule has 1 fully saturated rings. The lowest BCUT2D eigenvalue weighted by atomic mass is 9.98. The number of hydrogen-bond donors (Lipinski definition) is 3. The maximum atomic E-state index is 12.6. The van der Waals surface area contributed by atoms with Gasteiger partial charge >= 0.3 is 12.1 Å². The maximum Gasteiger partial charge on any atom is 0.407 e. The Morgan fingerprint density at radius 2 is 1.59 bits per heavy atom. The van der Waals surface area contributed by atoms with Crippen molar-refractivity contribution in [2.24, 2.45) is 5.92 Å². The van der Waals surface area contributed by atoms with Crippen LogP contribution in [0.15, 0.2) is 48.5 Å². The van der Waals surface area contributed by atoms with Crippen molar-refractivity contribution in [2.75, 3.05) is 24.7 Å². The minimum atomic E-state index is -3.02. The van der Waals surface area contributed by atoms with Crippen molar-refractivity contribution in [3.8, 4) is 11.1 Å². The van der Waals surface area contributed by atoms with Crippen molar-refractivity contribution in [2.45, 2.75) is 24.8 Å². The van der Waals surface area contributed by atoms with E-state index >= 15 is 0 Å². The third kappa shape index (κ3) is 5.39. The van der Waals surface area contributed by atoms with Crippen LogP contribution in [0.25, 0.3) is 11.1 Å². The van der Waals surface area contributed by atoms with Gasteiger partial charge in [0.15, 0.2) is 9.84 Å². The summed E-state index contributed by atoms with van der Waals surface area (Å²) in [6, 6.07) is 14.7. The Morgan fingerprint density at radius 3 is 2.15 bits per heavy atom. The van der Waals surface area contributed by atoms with Gasteiger partial charge in [0.25, 0.3) is 0 Å². The van der Waals surface area contributed by atoms with Gasteiger partial charge in [0, 0.05) is 24.8 Å². The number of amides is 2. The van der Waals surface area contributed by atoms with Gasteiger partial charge in [-0.1, -0.05) is 48.5 Å². The molecule has 0 radical (unpaired) electrons. The zero-order valence-corrected chi connectivity index (χ0v) is 19.2. The minimum Gasteiger partial charge on any atom is -0.481 e. The van der Waals surface area contributed by atoms with Gasteiger partial charge in [-0.15, -0.1) is 0 Å². The number of sulfone groups is 1. The Kier molecular flexibility index (Phi) is 6.87. The molecule has 2 aromatic carbocycles. The van der Waals surface area contributed by atoms with Crippen LogP contribution in [-0.4, -0.2) is 62.2 Å². The van der Waals surface area contributed by atoms with E-state index in [0.29, 0.717) is 0 Å². The topological polar surface area (TPSA) is 139 Å². The summed E-state index contributed by atoms with van der Waals surface area (Å²) in [7, 11) is -3.02. The first-order valence-corrected chi connectivity index (χ1v) is 12.9. The number of nitrogens with one attached hydrogen (secondary N) is 2. The van der Waals surface area contributed by atoms with Crippen molar-refractivity contribution < 1.29 is 32.6 Å². The molecule has 4 rings (SSSR count). The number of carboxylic acid groups (broad SMARTS) is 1. The van der Waals surface area contributed by atoms with E-state index in [-0.39, 0.29) is 49.3 Å². The van der Waals surface area contributed by atoms with Crippen LogP contribution in [0.4, 0.5) is 4.79 Å². The Labute approximate surface area is 197 Å². The van der Waals surface area contributed by atoms with Crippen molar-refractivity contribution >= 4 is 27.8 Å². The lowest BCUT2D eigenvalue weighted by molar-refractivity contribution is -0.137. The summed E-state index contributed by atoms with van der Waals surface area (Å²) < 4.78 is 28.0. The Balaban J connectivity index is 1.36. The number of ether oxygens (including phenoxy) is 1. The van der Waals surface area contributed by atoms with E-state index in [9.17, 15) is 22.8 Å². The molecule has 2 amide bonds. The third-order valence-corrected chi connectivity index (χ3v) is 8.10. The van der Waals surface area contributed by atoms with E-state index < -0.39 is 33.8 Å². The average Bonchev–Trinajstić information content (AvgIpc) is 3.11. The summed E-state index contributed by atoms with van der Waals surface area (Å²) >= 11 is 0. The molecule has 9 nitrogen and oxygen atoms in total. The molecule has 2 aliphatic rings. The first kappa shape index (κ1) is 23.7. The fourth-order valence-corrected chi connectivity index (χ4v) is 6.05. The molecule has 1 unspecified atom stereocenters. The van der Waals surface area contributed by atoms with Gasteiger partial charge in [-0.3, -0.25) is 9.59 Å². The molecule has 1 aliphatic carbocycles. The fraction of sp³-hybridized carbons (Fsp3) is 0.375. The summed E-state index contributed by atoms with van der Waals surface area (Å²) in [5, 5.41) is 14.1. The number of hydrogen-bond acceptors (Lipinski definition) is 6. The number of carboxylic acids is 1. The number of fused-ring (bicyclic) bond motifs is 3. The Bertz CT molecular complexity index is 1150. The molecule has 0 bridgehead atoms. The molecule has 0 aromatic heterocycles. The highest BCUT2D eigenvalue weighted by Crippen LogP contribution is 2.44. The molecular formula is C24H26N2O7S. The zero-order chi connectivity index (χ0) is 24.3. The van der Waals surface area contributed by atoms with Gasteiger partial charge in [0.2, 0.25) is 5.91 Å². The molecule has 1 saturated heterocycles. The lowest BCUT2D eigenvalue weighted by Crippen LogP contribution is -2.51. The first-order chi connectivity index (χ1) is 16.2. The SMILES string of the molecule is O=C(O)CCC(NC(=O)OCC1c2ccccc2-c2ccccc21)C(=O)NCC1CS(=O)(=O)C1. The van der Waals surface area contributed by atoms with Crippen LogP contribution >= 0.6 is 0 Å². The summed E-state index contributed by atoms with van der Waals surface area (Å²) in [6.45, 7) is 0.209. The number of carbonyl (C=O) groups is 3. The molecule has 1 aliphatic heterocycles.